The highest BCUT2D eigenvalue weighted by molar-refractivity contribution is 5.96. The zero-order chi connectivity index (χ0) is 21.1. The normalized spacial score (nSPS) is 19.1. The van der Waals surface area contributed by atoms with Gasteiger partial charge < -0.3 is 14.5 Å². The van der Waals surface area contributed by atoms with Crippen LogP contribution in [0.15, 0.2) is 42.9 Å². The molecular formula is C22H27N5O3. The lowest BCUT2D eigenvalue weighted by Gasteiger charge is -2.22. The molecule has 3 heterocycles. The summed E-state index contributed by atoms with van der Waals surface area (Å²) in [5, 5.41) is 0. The highest BCUT2D eigenvalue weighted by atomic mass is 16.5. The van der Waals surface area contributed by atoms with Crippen LogP contribution in [-0.4, -0.2) is 70.5 Å². The lowest BCUT2D eigenvalue weighted by atomic mass is 10.0. The van der Waals surface area contributed by atoms with E-state index in [1.807, 2.05) is 12.1 Å². The average molecular weight is 409 g/mol. The van der Waals surface area contributed by atoms with Gasteiger partial charge in [0.05, 0.1) is 12.7 Å². The Hall–Kier alpha value is -3.16. The molecule has 2 aliphatic heterocycles. The second kappa shape index (κ2) is 8.69. The monoisotopic (exact) mass is 409 g/mol. The Morgan fingerprint density at radius 1 is 1.17 bits per heavy atom. The molecule has 0 bridgehead atoms. The second-order valence-corrected chi connectivity index (χ2v) is 8.01. The number of ether oxygens (including phenoxy) is 1. The summed E-state index contributed by atoms with van der Waals surface area (Å²) in [5.41, 5.74) is 2.11. The van der Waals surface area contributed by atoms with Crippen LogP contribution in [0.3, 0.4) is 0 Å². The van der Waals surface area contributed by atoms with E-state index in [0.717, 1.165) is 12.1 Å². The van der Waals surface area contributed by atoms with Crippen LogP contribution in [0.5, 0.6) is 5.88 Å². The third-order valence-corrected chi connectivity index (χ3v) is 5.62. The topological polar surface area (TPSA) is 78.9 Å². The van der Waals surface area contributed by atoms with Gasteiger partial charge in [0.25, 0.3) is 0 Å². The number of aromatic nitrogens is 2. The number of nitrogens with zero attached hydrogens (tertiary/aromatic N) is 5. The van der Waals surface area contributed by atoms with Gasteiger partial charge in [0, 0.05) is 44.1 Å². The lowest BCUT2D eigenvalue weighted by Crippen LogP contribution is -2.42. The molecule has 0 N–H and O–H groups in total. The van der Waals surface area contributed by atoms with Gasteiger partial charge in [0.1, 0.15) is 12.6 Å². The van der Waals surface area contributed by atoms with Gasteiger partial charge in [-0.25, -0.2) is 9.78 Å². The lowest BCUT2D eigenvalue weighted by molar-refractivity contribution is -0.130. The van der Waals surface area contributed by atoms with Crippen LogP contribution in [-0.2, 0) is 4.79 Å². The molecular weight excluding hydrogens is 382 g/mol. The first-order valence-electron chi connectivity index (χ1n) is 10.4. The van der Waals surface area contributed by atoms with Gasteiger partial charge in [0.2, 0.25) is 11.8 Å². The Labute approximate surface area is 176 Å². The standard InChI is InChI=1S/C22H27N5O3/c1-16(2)17-3-5-18(6-4-17)27-12-11-26(22(27)29)15-21(28)25-10-7-19(14-25)30-20-13-23-8-9-24-20/h3-6,8-9,13,16,19H,7,10-12,14-15H2,1-2H3. The van der Waals surface area contributed by atoms with Crippen LogP contribution in [0.2, 0.25) is 0 Å². The zero-order valence-corrected chi connectivity index (χ0v) is 17.4. The molecule has 4 rings (SSSR count). The van der Waals surface area contributed by atoms with Gasteiger partial charge in [-0.15, -0.1) is 0 Å². The summed E-state index contributed by atoms with van der Waals surface area (Å²) in [4.78, 5) is 38.8. The van der Waals surface area contributed by atoms with E-state index in [9.17, 15) is 9.59 Å². The van der Waals surface area contributed by atoms with E-state index in [4.69, 9.17) is 4.74 Å². The number of anilines is 1. The van der Waals surface area contributed by atoms with Crippen molar-refractivity contribution in [3.63, 3.8) is 0 Å². The van der Waals surface area contributed by atoms with E-state index in [1.54, 1.807) is 33.3 Å². The minimum Gasteiger partial charge on any atom is -0.471 e. The number of rotatable bonds is 6. The number of likely N-dealkylation sites (tertiary alicyclic amines) is 1. The van der Waals surface area contributed by atoms with Gasteiger partial charge >= 0.3 is 6.03 Å². The Morgan fingerprint density at radius 3 is 2.67 bits per heavy atom. The second-order valence-electron chi connectivity index (χ2n) is 8.01. The van der Waals surface area contributed by atoms with Gasteiger partial charge in [-0.3, -0.25) is 14.7 Å². The van der Waals surface area contributed by atoms with Gasteiger partial charge in [-0.05, 0) is 23.6 Å². The molecule has 0 aliphatic carbocycles. The summed E-state index contributed by atoms with van der Waals surface area (Å²) in [6.07, 6.45) is 5.37. The molecule has 1 unspecified atom stereocenters. The maximum atomic E-state index is 12.8. The highest BCUT2D eigenvalue weighted by Crippen LogP contribution is 2.24. The predicted molar refractivity (Wildman–Crippen MR) is 112 cm³/mol. The smallest absolute Gasteiger partial charge is 0.325 e. The van der Waals surface area contributed by atoms with Crippen molar-refractivity contribution in [2.24, 2.45) is 0 Å². The van der Waals surface area contributed by atoms with E-state index in [1.165, 1.54) is 5.56 Å². The highest BCUT2D eigenvalue weighted by Gasteiger charge is 2.34. The fraction of sp³-hybridized carbons (Fsp3) is 0.455. The molecule has 1 aromatic carbocycles. The Morgan fingerprint density at radius 2 is 1.97 bits per heavy atom. The van der Waals surface area contributed by atoms with Crippen LogP contribution >= 0.6 is 0 Å². The molecule has 2 aliphatic rings. The van der Waals surface area contributed by atoms with Crippen molar-refractivity contribution < 1.29 is 14.3 Å². The predicted octanol–water partition coefficient (Wildman–Crippen LogP) is 2.52. The number of urea groups is 1. The van der Waals surface area contributed by atoms with E-state index in [-0.39, 0.29) is 24.6 Å². The number of hydrogen-bond donors (Lipinski definition) is 0. The van der Waals surface area contributed by atoms with Crippen LogP contribution < -0.4 is 9.64 Å². The van der Waals surface area contributed by atoms with Crippen LogP contribution in [0, 0.1) is 0 Å². The Bertz CT molecular complexity index is 887. The summed E-state index contributed by atoms with van der Waals surface area (Å²) in [7, 11) is 0. The van der Waals surface area contributed by atoms with Crippen molar-refractivity contribution in [2.45, 2.75) is 32.3 Å². The van der Waals surface area contributed by atoms with Crippen molar-refractivity contribution >= 4 is 17.6 Å². The van der Waals surface area contributed by atoms with Gasteiger partial charge in [-0.1, -0.05) is 26.0 Å². The zero-order valence-electron chi connectivity index (χ0n) is 17.4. The largest absolute Gasteiger partial charge is 0.471 e. The fourth-order valence-corrected chi connectivity index (χ4v) is 3.84. The number of amides is 3. The Balaban J connectivity index is 1.30. The molecule has 1 atom stereocenters. The van der Waals surface area contributed by atoms with E-state index >= 15 is 0 Å². The van der Waals surface area contributed by atoms with Crippen LogP contribution in [0.4, 0.5) is 10.5 Å². The molecule has 0 spiro atoms. The quantitative estimate of drug-likeness (QED) is 0.733. The number of hydrogen-bond acceptors (Lipinski definition) is 5. The van der Waals surface area contributed by atoms with Crippen molar-refractivity contribution in [3.05, 3.63) is 48.4 Å². The molecule has 8 heteroatoms. The first kappa shape index (κ1) is 20.1. The first-order valence-corrected chi connectivity index (χ1v) is 10.4. The first-order chi connectivity index (χ1) is 14.5. The molecule has 3 amide bonds. The van der Waals surface area contributed by atoms with Crippen LogP contribution in [0.1, 0.15) is 31.7 Å². The fourth-order valence-electron chi connectivity index (χ4n) is 3.84. The summed E-state index contributed by atoms with van der Waals surface area (Å²) in [6.45, 7) is 6.63. The van der Waals surface area contributed by atoms with Crippen molar-refractivity contribution in [1.82, 2.24) is 19.8 Å². The molecule has 0 saturated carbocycles. The summed E-state index contributed by atoms with van der Waals surface area (Å²) in [5.74, 6) is 0.862. The number of carbonyl (C=O) groups excluding carboxylic acids is 2. The minimum absolute atomic E-state index is 0.0504. The summed E-state index contributed by atoms with van der Waals surface area (Å²) >= 11 is 0. The third kappa shape index (κ3) is 4.37. The third-order valence-electron chi connectivity index (χ3n) is 5.62. The number of carbonyl (C=O) groups is 2. The molecule has 0 radical (unpaired) electrons. The minimum atomic E-state index is -0.118. The SMILES string of the molecule is CC(C)c1ccc(N2CCN(CC(=O)N3CCC(Oc4cnccn4)C3)C2=O)cc1. The molecule has 1 aromatic heterocycles. The Kier molecular flexibility index (Phi) is 5.83. The maximum absolute atomic E-state index is 12.8. The molecule has 30 heavy (non-hydrogen) atoms. The molecule has 8 nitrogen and oxygen atoms in total. The van der Waals surface area contributed by atoms with Gasteiger partial charge in [0.15, 0.2) is 0 Å². The van der Waals surface area contributed by atoms with Crippen molar-refractivity contribution in [3.8, 4) is 5.88 Å². The summed E-state index contributed by atoms with van der Waals surface area (Å²) in [6, 6.07) is 7.96. The van der Waals surface area contributed by atoms with Gasteiger partial charge in [-0.2, -0.15) is 0 Å². The van der Waals surface area contributed by atoms with Crippen molar-refractivity contribution in [1.29, 1.82) is 0 Å². The average Bonchev–Trinajstić information content (AvgIpc) is 3.36. The molecule has 158 valence electrons. The van der Waals surface area contributed by atoms with Crippen LogP contribution in [0.25, 0.3) is 0 Å². The number of benzene rings is 1. The van der Waals surface area contributed by atoms with E-state index in [2.05, 4.69) is 35.9 Å². The molecule has 2 aromatic rings. The van der Waals surface area contributed by atoms with E-state index < -0.39 is 0 Å². The molecule has 2 saturated heterocycles. The van der Waals surface area contributed by atoms with E-state index in [0.29, 0.717) is 38.0 Å². The summed E-state index contributed by atoms with van der Waals surface area (Å²) < 4.78 is 5.79. The van der Waals surface area contributed by atoms with Crippen molar-refractivity contribution in [2.75, 3.05) is 37.6 Å². The maximum Gasteiger partial charge on any atom is 0.325 e. The molecule has 2 fully saturated rings.